The van der Waals surface area contributed by atoms with Crippen molar-refractivity contribution in [3.05, 3.63) is 23.7 Å². The van der Waals surface area contributed by atoms with Gasteiger partial charge in [0.1, 0.15) is 0 Å². The molecule has 0 saturated heterocycles. The monoisotopic (exact) mass is 113 g/mol. The molecule has 0 aromatic rings. The Morgan fingerprint density at radius 3 is 2.00 bits per heavy atom. The third-order valence-electron chi connectivity index (χ3n) is 0.587. The molecule has 0 fully saturated rings. The van der Waals surface area contributed by atoms with Crippen LogP contribution in [-0.2, 0) is 0 Å². The van der Waals surface area contributed by atoms with Gasteiger partial charge in [0, 0.05) is 17.6 Å². The first-order valence-corrected chi connectivity index (χ1v) is 2.28. The van der Waals surface area contributed by atoms with E-state index in [4.69, 9.17) is 17.2 Å². The van der Waals surface area contributed by atoms with E-state index in [-0.39, 0.29) is 0 Å². The van der Waals surface area contributed by atoms with Gasteiger partial charge in [-0.3, -0.25) is 0 Å². The second-order valence-electron chi connectivity index (χ2n) is 1.56. The van der Waals surface area contributed by atoms with Gasteiger partial charge >= 0.3 is 0 Å². The highest BCUT2D eigenvalue weighted by Crippen LogP contribution is 1.85. The number of hydrogen-bond acceptors (Lipinski definition) is 3. The van der Waals surface area contributed by atoms with Crippen molar-refractivity contribution in [2.75, 3.05) is 0 Å². The van der Waals surface area contributed by atoms with E-state index in [1.165, 1.54) is 6.20 Å². The lowest BCUT2D eigenvalue weighted by Gasteiger charge is -1.89. The minimum absolute atomic E-state index is 0.491. The van der Waals surface area contributed by atoms with Gasteiger partial charge < -0.3 is 17.2 Å². The van der Waals surface area contributed by atoms with Gasteiger partial charge in [-0.15, -0.1) is 0 Å². The van der Waals surface area contributed by atoms with Gasteiger partial charge in [-0.25, -0.2) is 0 Å². The Kier molecular flexibility index (Phi) is 2.54. The van der Waals surface area contributed by atoms with E-state index in [0.29, 0.717) is 11.4 Å². The first-order valence-electron chi connectivity index (χ1n) is 2.28. The van der Waals surface area contributed by atoms with Crippen molar-refractivity contribution in [1.82, 2.24) is 0 Å². The number of allylic oxidation sites excluding steroid dienone is 2. The molecule has 0 saturated carbocycles. The Balaban J connectivity index is 3.89. The summed E-state index contributed by atoms with van der Waals surface area (Å²) in [6.45, 7) is 1.75. The van der Waals surface area contributed by atoms with Gasteiger partial charge in [0.2, 0.25) is 0 Å². The van der Waals surface area contributed by atoms with Gasteiger partial charge in [-0.1, -0.05) is 0 Å². The average Bonchev–Trinajstić information content (AvgIpc) is 1.65. The van der Waals surface area contributed by atoms with Crippen molar-refractivity contribution >= 4 is 0 Å². The molecular formula is C5H11N3. The van der Waals surface area contributed by atoms with Gasteiger partial charge in [0.15, 0.2) is 0 Å². The van der Waals surface area contributed by atoms with Crippen molar-refractivity contribution < 1.29 is 0 Å². The molecule has 0 heterocycles. The topological polar surface area (TPSA) is 78.1 Å². The Hall–Kier alpha value is -1.12. The third kappa shape index (κ3) is 3.08. The fraction of sp³-hybridized carbons (Fsp3) is 0.200. The maximum atomic E-state index is 5.25. The predicted molar refractivity (Wildman–Crippen MR) is 34.4 cm³/mol. The summed E-state index contributed by atoms with van der Waals surface area (Å²) in [5.41, 5.74) is 16.7. The molecule has 0 aromatic carbocycles. The van der Waals surface area contributed by atoms with E-state index in [9.17, 15) is 0 Å². The predicted octanol–water partition coefficient (Wildman–Crippen LogP) is -0.392. The molecule has 3 heteroatoms. The molecule has 0 atom stereocenters. The SMILES string of the molecule is C/C(N)=C/C(N)=C/N. The first-order chi connectivity index (χ1) is 3.66. The van der Waals surface area contributed by atoms with E-state index < -0.39 is 0 Å². The Morgan fingerprint density at radius 1 is 1.38 bits per heavy atom. The standard InChI is InChI=1S/C5H11N3/c1-4(7)2-5(8)3-6/h2-3H,6-8H2,1H3/b4-2-,5-3-. The Morgan fingerprint density at radius 2 is 1.88 bits per heavy atom. The van der Waals surface area contributed by atoms with Gasteiger partial charge in [0.05, 0.1) is 0 Å². The fourth-order valence-corrected chi connectivity index (χ4v) is 0.311. The van der Waals surface area contributed by atoms with E-state index >= 15 is 0 Å². The zero-order valence-electron chi connectivity index (χ0n) is 4.89. The van der Waals surface area contributed by atoms with E-state index in [2.05, 4.69) is 0 Å². The molecule has 0 aliphatic rings. The summed E-state index contributed by atoms with van der Waals surface area (Å²) in [6, 6.07) is 0. The summed E-state index contributed by atoms with van der Waals surface area (Å²) in [7, 11) is 0. The van der Waals surface area contributed by atoms with Crippen LogP contribution in [0.15, 0.2) is 23.7 Å². The summed E-state index contributed by atoms with van der Waals surface area (Å²) in [5.74, 6) is 0. The molecule has 0 aliphatic heterocycles. The van der Waals surface area contributed by atoms with Crippen LogP contribution in [0.5, 0.6) is 0 Å². The van der Waals surface area contributed by atoms with Gasteiger partial charge in [0.25, 0.3) is 0 Å². The summed E-state index contributed by atoms with van der Waals surface area (Å²) in [5, 5.41) is 0. The molecule has 8 heavy (non-hydrogen) atoms. The molecule has 0 unspecified atom stereocenters. The molecular weight excluding hydrogens is 102 g/mol. The van der Waals surface area contributed by atoms with Crippen molar-refractivity contribution in [2.45, 2.75) is 6.92 Å². The molecule has 0 radical (unpaired) electrons. The lowest BCUT2D eigenvalue weighted by molar-refractivity contribution is 1.26. The minimum Gasteiger partial charge on any atom is -0.403 e. The second-order valence-corrected chi connectivity index (χ2v) is 1.56. The third-order valence-corrected chi connectivity index (χ3v) is 0.587. The lowest BCUT2D eigenvalue weighted by Crippen LogP contribution is -2.00. The number of rotatable bonds is 1. The Labute approximate surface area is 48.8 Å². The summed E-state index contributed by atoms with van der Waals surface area (Å²) >= 11 is 0. The van der Waals surface area contributed by atoms with Crippen LogP contribution in [0.1, 0.15) is 6.92 Å². The van der Waals surface area contributed by atoms with Crippen LogP contribution in [0, 0.1) is 0 Å². The van der Waals surface area contributed by atoms with Crippen molar-refractivity contribution in [1.29, 1.82) is 0 Å². The van der Waals surface area contributed by atoms with Crippen LogP contribution in [0.2, 0.25) is 0 Å². The van der Waals surface area contributed by atoms with Gasteiger partial charge in [-0.2, -0.15) is 0 Å². The molecule has 0 aliphatic carbocycles. The largest absolute Gasteiger partial charge is 0.403 e. The highest BCUT2D eigenvalue weighted by Gasteiger charge is 1.78. The highest BCUT2D eigenvalue weighted by atomic mass is 14.6. The van der Waals surface area contributed by atoms with Crippen LogP contribution in [0.3, 0.4) is 0 Å². The van der Waals surface area contributed by atoms with Crippen LogP contribution in [0.25, 0.3) is 0 Å². The molecule has 46 valence electrons. The second kappa shape index (κ2) is 2.96. The van der Waals surface area contributed by atoms with E-state index in [1.54, 1.807) is 13.0 Å². The average molecular weight is 113 g/mol. The maximum absolute atomic E-state index is 5.25. The zero-order valence-corrected chi connectivity index (χ0v) is 4.89. The lowest BCUT2D eigenvalue weighted by atomic mass is 10.4. The van der Waals surface area contributed by atoms with Crippen molar-refractivity contribution in [2.24, 2.45) is 17.2 Å². The molecule has 0 spiro atoms. The molecule has 6 N–H and O–H groups in total. The van der Waals surface area contributed by atoms with Crippen LogP contribution < -0.4 is 17.2 Å². The smallest absolute Gasteiger partial charge is 0.0488 e. The van der Waals surface area contributed by atoms with Crippen molar-refractivity contribution in [3.8, 4) is 0 Å². The minimum atomic E-state index is 0.491. The van der Waals surface area contributed by atoms with Crippen LogP contribution in [-0.4, -0.2) is 0 Å². The van der Waals surface area contributed by atoms with E-state index in [0.717, 1.165) is 0 Å². The van der Waals surface area contributed by atoms with Gasteiger partial charge in [-0.05, 0) is 13.0 Å². The summed E-state index contributed by atoms with van der Waals surface area (Å²) in [4.78, 5) is 0. The normalized spacial score (nSPS) is 14.1. The van der Waals surface area contributed by atoms with Crippen LogP contribution >= 0.6 is 0 Å². The quantitative estimate of drug-likeness (QED) is 0.405. The highest BCUT2D eigenvalue weighted by molar-refractivity contribution is 5.16. The summed E-state index contributed by atoms with van der Waals surface area (Å²) in [6.07, 6.45) is 2.90. The number of hydrogen-bond donors (Lipinski definition) is 3. The molecule has 0 aromatic heterocycles. The molecule has 3 nitrogen and oxygen atoms in total. The molecule has 0 amide bonds. The molecule has 0 bridgehead atoms. The maximum Gasteiger partial charge on any atom is 0.0488 e. The fourth-order valence-electron chi connectivity index (χ4n) is 0.311. The summed E-state index contributed by atoms with van der Waals surface area (Å²) < 4.78 is 0. The number of nitrogens with two attached hydrogens (primary N) is 3. The van der Waals surface area contributed by atoms with Crippen LogP contribution in [0.4, 0.5) is 0 Å². The zero-order chi connectivity index (χ0) is 6.57. The molecule has 0 rings (SSSR count). The Bertz CT molecular complexity index is 120. The first kappa shape index (κ1) is 6.88. The van der Waals surface area contributed by atoms with Crippen molar-refractivity contribution in [3.63, 3.8) is 0 Å². The van der Waals surface area contributed by atoms with E-state index in [1.807, 2.05) is 0 Å².